The first kappa shape index (κ1) is 24.3. The van der Waals surface area contributed by atoms with Gasteiger partial charge in [0.1, 0.15) is 5.75 Å². The molecule has 1 fully saturated rings. The summed E-state index contributed by atoms with van der Waals surface area (Å²) < 4.78 is 5.19. The lowest BCUT2D eigenvalue weighted by Gasteiger charge is -2.16. The minimum atomic E-state index is -1.03. The lowest BCUT2D eigenvalue weighted by atomic mass is 10.1. The molecule has 0 aromatic heterocycles. The first-order chi connectivity index (χ1) is 17.0. The first-order valence-electron chi connectivity index (χ1n) is 11.4. The van der Waals surface area contributed by atoms with Crippen molar-refractivity contribution >= 4 is 46.3 Å². The number of anilines is 1. The van der Waals surface area contributed by atoms with Crippen molar-refractivity contribution in [1.29, 1.82) is 0 Å². The number of aliphatic imine (C=N–C) groups is 1. The van der Waals surface area contributed by atoms with Gasteiger partial charge in [0.25, 0.3) is 5.91 Å². The quantitative estimate of drug-likeness (QED) is 0.390. The van der Waals surface area contributed by atoms with Gasteiger partial charge in [0.2, 0.25) is 0 Å². The molecule has 1 aliphatic heterocycles. The van der Waals surface area contributed by atoms with E-state index < -0.39 is 12.6 Å². The van der Waals surface area contributed by atoms with Crippen LogP contribution in [0.25, 0.3) is 6.08 Å². The number of amides is 1. The Kier molecular flexibility index (Phi) is 7.67. The highest BCUT2D eigenvalue weighted by molar-refractivity contribution is 8.19. The lowest BCUT2D eigenvalue weighted by Crippen LogP contribution is -2.28. The van der Waals surface area contributed by atoms with Crippen molar-refractivity contribution in [2.45, 2.75) is 26.7 Å². The summed E-state index contributed by atoms with van der Waals surface area (Å²) in [7, 11) is 0. The Morgan fingerprint density at radius 3 is 2.11 bits per heavy atom. The summed E-state index contributed by atoms with van der Waals surface area (Å²) in [6, 6.07) is 22.9. The van der Waals surface area contributed by atoms with E-state index in [0.29, 0.717) is 15.8 Å². The third-order valence-electron chi connectivity index (χ3n) is 5.52. The van der Waals surface area contributed by atoms with Crippen LogP contribution in [-0.2, 0) is 22.4 Å². The molecule has 4 rings (SSSR count). The van der Waals surface area contributed by atoms with E-state index >= 15 is 0 Å². The third kappa shape index (κ3) is 6.00. The number of hydrogen-bond acceptors (Lipinski definition) is 5. The van der Waals surface area contributed by atoms with Crippen LogP contribution < -0.4 is 9.64 Å². The second-order valence-corrected chi connectivity index (χ2v) is 8.95. The van der Waals surface area contributed by atoms with E-state index in [9.17, 15) is 9.59 Å². The Morgan fingerprint density at radius 1 is 0.943 bits per heavy atom. The maximum Gasteiger partial charge on any atom is 0.341 e. The number of nitrogens with zero attached hydrogens (tertiary/aromatic N) is 2. The van der Waals surface area contributed by atoms with Crippen molar-refractivity contribution in [2.75, 3.05) is 11.5 Å². The standard InChI is InChI=1S/C28H26N2O4S/c1-3-19-5-11-22(12-6-19)29-28-30(23-13-7-20(4-2)8-14-23)27(33)25(35-28)17-21-9-15-24(16-10-21)34-18-26(31)32/h5-17H,3-4,18H2,1-2H3,(H,31,32). The van der Waals surface area contributed by atoms with Crippen LogP contribution in [0.5, 0.6) is 5.75 Å². The monoisotopic (exact) mass is 486 g/mol. The highest BCUT2D eigenvalue weighted by atomic mass is 32.2. The van der Waals surface area contributed by atoms with Crippen LogP contribution in [0.15, 0.2) is 82.7 Å². The summed E-state index contributed by atoms with van der Waals surface area (Å²) in [5, 5.41) is 9.36. The Bertz CT molecular complexity index is 1260. The van der Waals surface area contributed by atoms with Crippen molar-refractivity contribution < 1.29 is 19.4 Å². The van der Waals surface area contributed by atoms with Gasteiger partial charge in [-0.3, -0.25) is 9.69 Å². The van der Waals surface area contributed by atoms with Crippen molar-refractivity contribution in [3.05, 3.63) is 94.4 Å². The van der Waals surface area contributed by atoms with E-state index in [-0.39, 0.29) is 5.91 Å². The average Bonchev–Trinajstić information content (AvgIpc) is 3.18. The molecule has 0 aliphatic carbocycles. The summed E-state index contributed by atoms with van der Waals surface area (Å²) in [5.74, 6) is -0.725. The third-order valence-corrected chi connectivity index (χ3v) is 6.49. The predicted octanol–water partition coefficient (Wildman–Crippen LogP) is 6.08. The van der Waals surface area contributed by atoms with Gasteiger partial charge < -0.3 is 9.84 Å². The highest BCUT2D eigenvalue weighted by Gasteiger charge is 2.34. The van der Waals surface area contributed by atoms with Crippen LogP contribution in [0, 0.1) is 0 Å². The summed E-state index contributed by atoms with van der Waals surface area (Å²) in [5.41, 5.74) is 4.78. The molecule has 0 spiro atoms. The van der Waals surface area contributed by atoms with Gasteiger partial charge in [-0.1, -0.05) is 50.2 Å². The molecule has 1 N–H and O–H groups in total. The zero-order valence-corrected chi connectivity index (χ0v) is 20.4. The molecule has 3 aromatic carbocycles. The molecule has 1 amide bonds. The van der Waals surface area contributed by atoms with Gasteiger partial charge in [-0.2, -0.15) is 0 Å². The average molecular weight is 487 g/mol. The highest BCUT2D eigenvalue weighted by Crippen LogP contribution is 2.37. The van der Waals surface area contributed by atoms with Crippen molar-refractivity contribution in [1.82, 2.24) is 0 Å². The van der Waals surface area contributed by atoms with E-state index in [4.69, 9.17) is 14.8 Å². The fraction of sp³-hybridized carbons (Fsp3) is 0.179. The minimum Gasteiger partial charge on any atom is -0.482 e. The van der Waals surface area contributed by atoms with Gasteiger partial charge in [0.05, 0.1) is 16.3 Å². The van der Waals surface area contributed by atoms with Gasteiger partial charge in [-0.25, -0.2) is 9.79 Å². The van der Waals surface area contributed by atoms with E-state index in [1.807, 2.05) is 54.6 Å². The number of ether oxygens (including phenoxy) is 1. The van der Waals surface area contributed by atoms with Crippen LogP contribution >= 0.6 is 11.8 Å². The zero-order valence-electron chi connectivity index (χ0n) is 19.6. The summed E-state index contributed by atoms with van der Waals surface area (Å²) in [6.07, 6.45) is 3.68. The predicted molar refractivity (Wildman–Crippen MR) is 141 cm³/mol. The number of carboxylic acids is 1. The molecule has 0 unspecified atom stereocenters. The van der Waals surface area contributed by atoms with E-state index in [1.54, 1.807) is 29.2 Å². The summed E-state index contributed by atoms with van der Waals surface area (Å²) >= 11 is 1.33. The number of carbonyl (C=O) groups excluding carboxylic acids is 1. The molecule has 6 nitrogen and oxygen atoms in total. The van der Waals surface area contributed by atoms with E-state index in [1.165, 1.54) is 22.9 Å². The summed E-state index contributed by atoms with van der Waals surface area (Å²) in [6.45, 7) is 3.80. The van der Waals surface area contributed by atoms with E-state index in [0.717, 1.165) is 29.8 Å². The molecule has 3 aromatic rings. The molecule has 1 saturated heterocycles. The van der Waals surface area contributed by atoms with Crippen molar-refractivity contribution in [3.63, 3.8) is 0 Å². The molecule has 0 radical (unpaired) electrons. The number of aryl methyl sites for hydroxylation is 2. The second-order valence-electron chi connectivity index (χ2n) is 7.94. The molecular formula is C28H26N2O4S. The molecular weight excluding hydrogens is 460 g/mol. The fourth-order valence-electron chi connectivity index (χ4n) is 3.53. The van der Waals surface area contributed by atoms with Gasteiger partial charge in [0, 0.05) is 0 Å². The van der Waals surface area contributed by atoms with Gasteiger partial charge in [-0.15, -0.1) is 0 Å². The zero-order chi connectivity index (χ0) is 24.8. The summed E-state index contributed by atoms with van der Waals surface area (Å²) in [4.78, 5) is 31.2. The number of carbonyl (C=O) groups is 2. The van der Waals surface area contributed by atoms with Crippen LogP contribution in [0.1, 0.15) is 30.5 Å². The van der Waals surface area contributed by atoms with Crippen molar-refractivity contribution in [3.8, 4) is 5.75 Å². The number of aliphatic carboxylic acids is 1. The Balaban J connectivity index is 1.65. The number of carboxylic acid groups (broad SMARTS) is 1. The number of amidine groups is 1. The lowest BCUT2D eigenvalue weighted by molar-refractivity contribution is -0.139. The molecule has 0 saturated carbocycles. The Hall–Kier alpha value is -3.84. The topological polar surface area (TPSA) is 79.2 Å². The number of rotatable bonds is 8. The van der Waals surface area contributed by atoms with E-state index in [2.05, 4.69) is 13.8 Å². The van der Waals surface area contributed by atoms with Gasteiger partial charge in [0.15, 0.2) is 11.8 Å². The van der Waals surface area contributed by atoms with Crippen LogP contribution in [0.2, 0.25) is 0 Å². The number of thioether (sulfide) groups is 1. The van der Waals surface area contributed by atoms with Crippen LogP contribution in [0.4, 0.5) is 11.4 Å². The van der Waals surface area contributed by atoms with Crippen molar-refractivity contribution in [2.24, 2.45) is 4.99 Å². The molecule has 0 bridgehead atoms. The first-order valence-corrected chi connectivity index (χ1v) is 12.2. The minimum absolute atomic E-state index is 0.144. The molecule has 178 valence electrons. The Labute approximate surface area is 209 Å². The second kappa shape index (κ2) is 11.1. The van der Waals surface area contributed by atoms with Crippen LogP contribution in [-0.4, -0.2) is 28.8 Å². The molecule has 0 atom stereocenters. The molecule has 1 aliphatic rings. The maximum atomic E-state index is 13.5. The van der Waals surface area contributed by atoms with Crippen LogP contribution in [0.3, 0.4) is 0 Å². The number of hydrogen-bond donors (Lipinski definition) is 1. The van der Waals surface area contributed by atoms with Gasteiger partial charge in [-0.05, 0) is 83.8 Å². The molecule has 35 heavy (non-hydrogen) atoms. The number of benzene rings is 3. The smallest absolute Gasteiger partial charge is 0.341 e. The SMILES string of the molecule is CCc1ccc(N=C2SC(=Cc3ccc(OCC(=O)O)cc3)C(=O)N2c2ccc(CC)cc2)cc1. The Morgan fingerprint density at radius 2 is 1.54 bits per heavy atom. The van der Waals surface area contributed by atoms with Gasteiger partial charge >= 0.3 is 5.97 Å². The largest absolute Gasteiger partial charge is 0.482 e. The maximum absolute atomic E-state index is 13.5. The fourth-order valence-corrected chi connectivity index (χ4v) is 4.53. The molecule has 1 heterocycles. The molecule has 7 heteroatoms. The normalized spacial score (nSPS) is 15.7.